The lowest BCUT2D eigenvalue weighted by molar-refractivity contribution is -0.118. The van der Waals surface area contributed by atoms with Crippen LogP contribution in [0.5, 0.6) is 0 Å². The van der Waals surface area contributed by atoms with Gasteiger partial charge in [-0.05, 0) is 44.2 Å². The molecule has 122 valence electrons. The van der Waals surface area contributed by atoms with Crippen LogP contribution in [0.1, 0.15) is 28.7 Å². The van der Waals surface area contributed by atoms with Crippen molar-refractivity contribution in [2.75, 3.05) is 13.1 Å². The van der Waals surface area contributed by atoms with Crippen molar-refractivity contribution < 1.29 is 14.0 Å². The third-order valence-corrected chi connectivity index (χ3v) is 3.55. The van der Waals surface area contributed by atoms with E-state index in [0.29, 0.717) is 18.7 Å². The summed E-state index contributed by atoms with van der Waals surface area (Å²) in [6.45, 7) is 5.91. The maximum absolute atomic E-state index is 13.1. The second-order valence-electron chi connectivity index (χ2n) is 5.34. The van der Waals surface area contributed by atoms with E-state index in [-0.39, 0.29) is 17.6 Å². The van der Waals surface area contributed by atoms with Gasteiger partial charge < -0.3 is 15.2 Å². The number of amides is 2. The number of benzene rings is 1. The summed E-state index contributed by atoms with van der Waals surface area (Å²) in [5.41, 5.74) is 3.04. The molecule has 0 fully saturated rings. The van der Waals surface area contributed by atoms with Crippen LogP contribution < -0.4 is 10.6 Å². The summed E-state index contributed by atoms with van der Waals surface area (Å²) in [6, 6.07) is 7.93. The molecule has 0 aliphatic rings. The number of carbonyl (C=O) groups is 2. The Morgan fingerprint density at radius 2 is 1.70 bits per heavy atom. The highest BCUT2D eigenvalue weighted by Gasteiger charge is 2.16. The van der Waals surface area contributed by atoms with Crippen molar-refractivity contribution in [1.82, 2.24) is 15.2 Å². The van der Waals surface area contributed by atoms with Gasteiger partial charge in [0.15, 0.2) is 0 Å². The van der Waals surface area contributed by atoms with E-state index >= 15 is 0 Å². The van der Waals surface area contributed by atoms with Crippen molar-refractivity contribution in [3.05, 3.63) is 53.1 Å². The molecule has 1 heterocycles. The molecule has 0 bridgehead atoms. The summed E-state index contributed by atoms with van der Waals surface area (Å²) >= 11 is 0. The van der Waals surface area contributed by atoms with E-state index in [9.17, 15) is 14.0 Å². The lowest BCUT2D eigenvalue weighted by Crippen LogP contribution is -2.33. The van der Waals surface area contributed by atoms with Gasteiger partial charge in [-0.2, -0.15) is 0 Å². The van der Waals surface area contributed by atoms with Crippen LogP contribution in [-0.4, -0.2) is 29.5 Å². The van der Waals surface area contributed by atoms with Crippen molar-refractivity contribution in [1.29, 1.82) is 0 Å². The van der Waals surface area contributed by atoms with Gasteiger partial charge in [0.1, 0.15) is 5.82 Å². The molecule has 1 aromatic carbocycles. The molecule has 2 rings (SSSR count). The maximum atomic E-state index is 13.1. The number of aromatic nitrogens is 1. The SMILES string of the molecule is CC(=O)NCCNC(=O)c1cc(C)n(-c2ccc(F)cc2)c1C. The van der Waals surface area contributed by atoms with Gasteiger partial charge >= 0.3 is 0 Å². The van der Waals surface area contributed by atoms with Gasteiger partial charge in [-0.3, -0.25) is 9.59 Å². The van der Waals surface area contributed by atoms with Crippen LogP contribution in [0.4, 0.5) is 4.39 Å². The minimum atomic E-state index is -0.299. The van der Waals surface area contributed by atoms with Crippen molar-refractivity contribution in [2.45, 2.75) is 20.8 Å². The summed E-state index contributed by atoms with van der Waals surface area (Å²) in [6.07, 6.45) is 0. The number of aryl methyl sites for hydroxylation is 1. The van der Waals surface area contributed by atoms with Gasteiger partial charge in [0.05, 0.1) is 5.56 Å². The zero-order valence-electron chi connectivity index (χ0n) is 13.4. The highest BCUT2D eigenvalue weighted by molar-refractivity contribution is 5.96. The van der Waals surface area contributed by atoms with E-state index in [1.807, 2.05) is 18.4 Å². The van der Waals surface area contributed by atoms with Crippen LogP contribution in [0.3, 0.4) is 0 Å². The largest absolute Gasteiger partial charge is 0.355 e. The summed E-state index contributed by atoms with van der Waals surface area (Å²) < 4.78 is 15.0. The lowest BCUT2D eigenvalue weighted by atomic mass is 10.2. The molecule has 0 spiro atoms. The number of rotatable bonds is 5. The molecule has 2 aromatic rings. The monoisotopic (exact) mass is 317 g/mol. The molecule has 1 aromatic heterocycles. The predicted molar refractivity (Wildman–Crippen MR) is 86.2 cm³/mol. The molecule has 0 aliphatic heterocycles. The van der Waals surface area contributed by atoms with Gasteiger partial charge in [0.2, 0.25) is 5.91 Å². The molecule has 0 atom stereocenters. The topological polar surface area (TPSA) is 63.1 Å². The van der Waals surface area contributed by atoms with Crippen LogP contribution >= 0.6 is 0 Å². The number of nitrogens with one attached hydrogen (secondary N) is 2. The number of hydrogen-bond donors (Lipinski definition) is 2. The van der Waals surface area contributed by atoms with Crippen LogP contribution in [0, 0.1) is 19.7 Å². The van der Waals surface area contributed by atoms with Crippen LogP contribution in [0.2, 0.25) is 0 Å². The van der Waals surface area contributed by atoms with E-state index < -0.39 is 0 Å². The van der Waals surface area contributed by atoms with Gasteiger partial charge in [0, 0.05) is 37.1 Å². The van der Waals surface area contributed by atoms with E-state index in [0.717, 1.165) is 17.1 Å². The van der Waals surface area contributed by atoms with Crippen LogP contribution in [0.25, 0.3) is 5.69 Å². The molecule has 0 saturated carbocycles. The molecule has 5 nitrogen and oxygen atoms in total. The first-order valence-electron chi connectivity index (χ1n) is 7.37. The molecule has 2 amide bonds. The average molecular weight is 317 g/mol. The Labute approximate surface area is 134 Å². The highest BCUT2D eigenvalue weighted by Crippen LogP contribution is 2.21. The summed E-state index contributed by atoms with van der Waals surface area (Å²) in [4.78, 5) is 23.1. The predicted octanol–water partition coefficient (Wildman–Crippen LogP) is 2.10. The summed E-state index contributed by atoms with van der Waals surface area (Å²) in [7, 11) is 0. The Bertz CT molecular complexity index is 720. The number of carbonyl (C=O) groups excluding carboxylic acids is 2. The zero-order chi connectivity index (χ0) is 17.0. The molecular formula is C17H20FN3O2. The number of nitrogens with zero attached hydrogens (tertiary/aromatic N) is 1. The van der Waals surface area contributed by atoms with Crippen molar-refractivity contribution in [3.8, 4) is 5.69 Å². The number of hydrogen-bond acceptors (Lipinski definition) is 2. The Kier molecular flexibility index (Phi) is 5.16. The maximum Gasteiger partial charge on any atom is 0.253 e. The van der Waals surface area contributed by atoms with Gasteiger partial charge in [0.25, 0.3) is 5.91 Å². The fourth-order valence-corrected chi connectivity index (χ4v) is 2.49. The third kappa shape index (κ3) is 3.97. The second kappa shape index (κ2) is 7.09. The third-order valence-electron chi connectivity index (χ3n) is 3.55. The quantitative estimate of drug-likeness (QED) is 0.830. The molecule has 0 aliphatic carbocycles. The standard InChI is InChI=1S/C17H20FN3O2/c1-11-10-16(17(23)20-9-8-19-13(3)22)12(2)21(11)15-6-4-14(18)5-7-15/h4-7,10H,8-9H2,1-3H3,(H,19,22)(H,20,23). The summed E-state index contributed by atoms with van der Waals surface area (Å²) in [5, 5.41) is 5.39. The molecule has 0 saturated heterocycles. The van der Waals surface area contributed by atoms with Crippen molar-refractivity contribution in [2.24, 2.45) is 0 Å². The van der Waals surface area contributed by atoms with E-state index in [4.69, 9.17) is 0 Å². The molecule has 0 unspecified atom stereocenters. The minimum Gasteiger partial charge on any atom is -0.355 e. The fourth-order valence-electron chi connectivity index (χ4n) is 2.49. The van der Waals surface area contributed by atoms with E-state index in [1.165, 1.54) is 19.1 Å². The first-order valence-corrected chi connectivity index (χ1v) is 7.37. The Balaban J connectivity index is 2.15. The molecular weight excluding hydrogens is 297 g/mol. The Morgan fingerprint density at radius 1 is 1.09 bits per heavy atom. The smallest absolute Gasteiger partial charge is 0.253 e. The first kappa shape index (κ1) is 16.7. The van der Waals surface area contributed by atoms with Crippen molar-refractivity contribution in [3.63, 3.8) is 0 Å². The van der Waals surface area contributed by atoms with Crippen LogP contribution in [-0.2, 0) is 4.79 Å². The lowest BCUT2D eigenvalue weighted by Gasteiger charge is -2.10. The highest BCUT2D eigenvalue weighted by atomic mass is 19.1. The second-order valence-corrected chi connectivity index (χ2v) is 5.34. The fraction of sp³-hybridized carbons (Fsp3) is 0.294. The summed E-state index contributed by atoms with van der Waals surface area (Å²) in [5.74, 6) is -0.627. The molecule has 6 heteroatoms. The Morgan fingerprint density at radius 3 is 2.30 bits per heavy atom. The van der Waals surface area contributed by atoms with Gasteiger partial charge in [-0.1, -0.05) is 0 Å². The normalized spacial score (nSPS) is 10.4. The van der Waals surface area contributed by atoms with Crippen LogP contribution in [0.15, 0.2) is 30.3 Å². The Hall–Kier alpha value is -2.63. The molecule has 2 N–H and O–H groups in total. The molecule has 0 radical (unpaired) electrons. The number of halogens is 1. The van der Waals surface area contributed by atoms with Gasteiger partial charge in [-0.25, -0.2) is 4.39 Å². The van der Waals surface area contributed by atoms with E-state index in [1.54, 1.807) is 18.2 Å². The zero-order valence-corrected chi connectivity index (χ0v) is 13.4. The van der Waals surface area contributed by atoms with E-state index in [2.05, 4.69) is 10.6 Å². The molecule has 23 heavy (non-hydrogen) atoms. The minimum absolute atomic E-state index is 0.131. The first-order chi connectivity index (χ1) is 10.9. The average Bonchev–Trinajstić information content (AvgIpc) is 2.79. The van der Waals surface area contributed by atoms with Crippen molar-refractivity contribution >= 4 is 11.8 Å². The van der Waals surface area contributed by atoms with Gasteiger partial charge in [-0.15, -0.1) is 0 Å².